The van der Waals surface area contributed by atoms with Crippen LogP contribution in [0.25, 0.3) is 5.69 Å². The summed E-state index contributed by atoms with van der Waals surface area (Å²) in [6.45, 7) is 0. The van der Waals surface area contributed by atoms with Gasteiger partial charge in [0.05, 0.1) is 12.9 Å². The lowest BCUT2D eigenvalue weighted by molar-refractivity contribution is 0.102. The Morgan fingerprint density at radius 1 is 1.15 bits per heavy atom. The van der Waals surface area contributed by atoms with Gasteiger partial charge in [-0.25, -0.2) is 9.37 Å². The molecule has 3 aromatic rings. The van der Waals surface area contributed by atoms with Gasteiger partial charge in [0.25, 0.3) is 5.56 Å². The minimum absolute atomic E-state index is 0.0853. The highest BCUT2D eigenvalue weighted by molar-refractivity contribution is 7.99. The molecule has 7 heteroatoms. The Hall–Kier alpha value is -2.93. The molecule has 2 aromatic carbocycles. The zero-order valence-corrected chi connectivity index (χ0v) is 14.7. The first-order chi connectivity index (χ1) is 12.6. The lowest BCUT2D eigenvalue weighted by Gasteiger charge is -2.07. The molecule has 0 aliphatic heterocycles. The van der Waals surface area contributed by atoms with Gasteiger partial charge in [0, 0.05) is 23.6 Å². The molecule has 0 radical (unpaired) electrons. The van der Waals surface area contributed by atoms with E-state index >= 15 is 0 Å². The van der Waals surface area contributed by atoms with E-state index in [0.717, 1.165) is 11.8 Å². The quantitative estimate of drug-likeness (QED) is 0.492. The standard InChI is InChI=1S/C19H15FN2O3S/c1-25-16-8-2-13(3-9-16)17(23)12-26-18-19(24)22(11-10-21-18)15-6-4-14(20)5-7-15/h2-11H,12H2,1H3. The molecule has 0 saturated carbocycles. The van der Waals surface area contributed by atoms with Crippen LogP contribution in [-0.2, 0) is 0 Å². The largest absolute Gasteiger partial charge is 0.497 e. The molecule has 0 spiro atoms. The molecule has 0 bridgehead atoms. The molecule has 3 rings (SSSR count). The first-order valence-corrected chi connectivity index (χ1v) is 8.70. The molecule has 0 aliphatic carbocycles. The van der Waals surface area contributed by atoms with Crippen LogP contribution >= 0.6 is 11.8 Å². The van der Waals surface area contributed by atoms with Gasteiger partial charge >= 0.3 is 0 Å². The Balaban J connectivity index is 1.75. The fourth-order valence-corrected chi connectivity index (χ4v) is 3.08. The smallest absolute Gasteiger partial charge is 0.287 e. The zero-order valence-electron chi connectivity index (χ0n) is 13.9. The van der Waals surface area contributed by atoms with Crippen molar-refractivity contribution in [2.45, 2.75) is 5.03 Å². The number of aromatic nitrogens is 2. The Bertz CT molecular complexity index is 969. The molecule has 1 aromatic heterocycles. The van der Waals surface area contributed by atoms with E-state index in [1.165, 1.54) is 41.2 Å². The van der Waals surface area contributed by atoms with E-state index in [0.29, 0.717) is 17.0 Å². The lowest BCUT2D eigenvalue weighted by Crippen LogP contribution is -2.21. The summed E-state index contributed by atoms with van der Waals surface area (Å²) in [5.41, 5.74) is 0.710. The fourth-order valence-electron chi connectivity index (χ4n) is 2.29. The number of halogens is 1. The molecule has 0 unspecified atom stereocenters. The van der Waals surface area contributed by atoms with Crippen molar-refractivity contribution in [3.8, 4) is 11.4 Å². The number of benzene rings is 2. The third kappa shape index (κ3) is 4.00. The van der Waals surface area contributed by atoms with E-state index in [1.807, 2.05) is 0 Å². The van der Waals surface area contributed by atoms with E-state index in [-0.39, 0.29) is 27.9 Å². The second-order valence-corrected chi connectivity index (χ2v) is 6.29. The van der Waals surface area contributed by atoms with E-state index in [4.69, 9.17) is 4.74 Å². The van der Waals surface area contributed by atoms with Gasteiger partial charge in [-0.15, -0.1) is 0 Å². The SMILES string of the molecule is COc1ccc(C(=O)CSc2nccn(-c3ccc(F)cc3)c2=O)cc1. The molecule has 0 fully saturated rings. The maximum atomic E-state index is 13.1. The van der Waals surface area contributed by atoms with E-state index in [9.17, 15) is 14.0 Å². The van der Waals surface area contributed by atoms with Crippen molar-refractivity contribution < 1.29 is 13.9 Å². The maximum Gasteiger partial charge on any atom is 0.287 e. The van der Waals surface area contributed by atoms with Crippen molar-refractivity contribution in [2.75, 3.05) is 12.9 Å². The number of thioether (sulfide) groups is 1. The number of rotatable bonds is 6. The molecule has 132 valence electrons. The van der Waals surface area contributed by atoms with Gasteiger partial charge in [-0.05, 0) is 48.5 Å². The summed E-state index contributed by atoms with van der Waals surface area (Å²) < 4.78 is 19.5. The predicted molar refractivity (Wildman–Crippen MR) is 97.8 cm³/mol. The number of ketones is 1. The van der Waals surface area contributed by atoms with Crippen LogP contribution in [0.1, 0.15) is 10.4 Å². The number of methoxy groups -OCH3 is 1. The summed E-state index contributed by atoms with van der Waals surface area (Å²) in [7, 11) is 1.56. The molecular formula is C19H15FN2O3S. The van der Waals surface area contributed by atoms with E-state index in [1.54, 1.807) is 31.4 Å². The van der Waals surface area contributed by atoms with Crippen molar-refractivity contribution in [3.05, 3.63) is 82.7 Å². The Kier molecular flexibility index (Phi) is 5.48. The molecule has 5 nitrogen and oxygen atoms in total. The Morgan fingerprint density at radius 2 is 1.85 bits per heavy atom. The summed E-state index contributed by atoms with van der Waals surface area (Å²) in [6, 6.07) is 12.3. The van der Waals surface area contributed by atoms with Gasteiger partial charge in [-0.1, -0.05) is 11.8 Å². The molecular weight excluding hydrogens is 355 g/mol. The van der Waals surface area contributed by atoms with Crippen LogP contribution in [0.4, 0.5) is 4.39 Å². The highest BCUT2D eigenvalue weighted by Gasteiger charge is 2.12. The van der Waals surface area contributed by atoms with Crippen LogP contribution in [0, 0.1) is 5.82 Å². The number of Topliss-reactive ketones (excluding diaryl/α,β-unsaturated/α-hetero) is 1. The highest BCUT2D eigenvalue weighted by atomic mass is 32.2. The molecule has 0 N–H and O–H groups in total. The third-order valence-corrected chi connectivity index (χ3v) is 4.63. The zero-order chi connectivity index (χ0) is 18.5. The normalized spacial score (nSPS) is 10.5. The molecule has 0 aliphatic rings. The first kappa shape index (κ1) is 17.9. The van der Waals surface area contributed by atoms with Crippen LogP contribution in [-0.4, -0.2) is 28.2 Å². The molecule has 0 amide bonds. The molecule has 0 atom stereocenters. The van der Waals surface area contributed by atoms with Crippen molar-refractivity contribution in [2.24, 2.45) is 0 Å². The summed E-state index contributed by atoms with van der Waals surface area (Å²) >= 11 is 1.07. The first-order valence-electron chi connectivity index (χ1n) is 7.72. The fraction of sp³-hybridized carbons (Fsp3) is 0.105. The van der Waals surface area contributed by atoms with E-state index < -0.39 is 0 Å². The summed E-state index contributed by atoms with van der Waals surface area (Å²) in [5, 5.41) is 0.207. The number of hydrogen-bond donors (Lipinski definition) is 0. The average Bonchev–Trinajstić information content (AvgIpc) is 2.68. The highest BCUT2D eigenvalue weighted by Crippen LogP contribution is 2.17. The average molecular weight is 370 g/mol. The van der Waals surface area contributed by atoms with Gasteiger partial charge in [0.15, 0.2) is 10.8 Å². The van der Waals surface area contributed by atoms with Crippen LogP contribution in [0.3, 0.4) is 0 Å². The van der Waals surface area contributed by atoms with Gasteiger partial charge < -0.3 is 4.74 Å². The minimum atomic E-state index is -0.379. The van der Waals surface area contributed by atoms with Crippen molar-refractivity contribution in [1.82, 2.24) is 9.55 Å². The summed E-state index contributed by atoms with van der Waals surface area (Å²) in [6.07, 6.45) is 2.98. The number of nitrogens with zero attached hydrogens (tertiary/aromatic N) is 2. The topological polar surface area (TPSA) is 61.2 Å². The van der Waals surface area contributed by atoms with Crippen LogP contribution < -0.4 is 10.3 Å². The maximum absolute atomic E-state index is 13.1. The summed E-state index contributed by atoms with van der Waals surface area (Å²) in [4.78, 5) is 28.9. The number of carbonyl (C=O) groups is 1. The number of hydrogen-bond acceptors (Lipinski definition) is 5. The second-order valence-electron chi connectivity index (χ2n) is 5.32. The Labute approximate surface area is 153 Å². The van der Waals surface area contributed by atoms with E-state index in [2.05, 4.69) is 4.98 Å². The second kappa shape index (κ2) is 7.97. The van der Waals surface area contributed by atoms with Gasteiger partial charge in [0.1, 0.15) is 11.6 Å². The lowest BCUT2D eigenvalue weighted by atomic mass is 10.1. The van der Waals surface area contributed by atoms with Crippen molar-refractivity contribution in [3.63, 3.8) is 0 Å². The van der Waals surface area contributed by atoms with Gasteiger partial charge in [0.2, 0.25) is 0 Å². The number of ether oxygens (including phenoxy) is 1. The Morgan fingerprint density at radius 3 is 2.50 bits per heavy atom. The van der Waals surface area contributed by atoms with Crippen LogP contribution in [0.15, 0.2) is 70.7 Å². The molecule has 0 saturated heterocycles. The molecule has 1 heterocycles. The molecule has 26 heavy (non-hydrogen) atoms. The van der Waals surface area contributed by atoms with Crippen LogP contribution in [0.2, 0.25) is 0 Å². The summed E-state index contributed by atoms with van der Waals surface area (Å²) in [5.74, 6) is 0.259. The monoisotopic (exact) mass is 370 g/mol. The minimum Gasteiger partial charge on any atom is -0.497 e. The van der Waals surface area contributed by atoms with Crippen molar-refractivity contribution in [1.29, 1.82) is 0 Å². The third-order valence-electron chi connectivity index (χ3n) is 3.67. The van der Waals surface area contributed by atoms with Crippen molar-refractivity contribution >= 4 is 17.5 Å². The van der Waals surface area contributed by atoms with Crippen LogP contribution in [0.5, 0.6) is 5.75 Å². The van der Waals surface area contributed by atoms with Gasteiger partial charge in [-0.2, -0.15) is 0 Å². The predicted octanol–water partition coefficient (Wildman–Crippen LogP) is 3.36. The van der Waals surface area contributed by atoms with Gasteiger partial charge in [-0.3, -0.25) is 14.2 Å². The number of carbonyl (C=O) groups excluding carboxylic acids is 1.